The average molecular weight is 281 g/mol. The molecule has 0 aromatic rings. The SMILES string of the molecule is CCC(CC1CCCCC1)C(=O)N1CCCC1C(=O)O. The van der Waals surface area contributed by atoms with Crippen LogP contribution in [0.5, 0.6) is 0 Å². The predicted molar refractivity (Wildman–Crippen MR) is 77.3 cm³/mol. The summed E-state index contributed by atoms with van der Waals surface area (Å²) in [5, 5.41) is 9.21. The molecule has 1 N–H and O–H groups in total. The Kier molecular flexibility index (Phi) is 5.44. The number of carbonyl (C=O) groups is 2. The van der Waals surface area contributed by atoms with Gasteiger partial charge >= 0.3 is 5.97 Å². The van der Waals surface area contributed by atoms with Gasteiger partial charge in [0, 0.05) is 12.5 Å². The van der Waals surface area contributed by atoms with E-state index in [1.54, 1.807) is 4.90 Å². The van der Waals surface area contributed by atoms with Crippen LogP contribution in [0.1, 0.15) is 64.7 Å². The van der Waals surface area contributed by atoms with Gasteiger partial charge in [0.1, 0.15) is 6.04 Å². The van der Waals surface area contributed by atoms with Gasteiger partial charge in [-0.1, -0.05) is 39.0 Å². The van der Waals surface area contributed by atoms with Crippen LogP contribution in [0, 0.1) is 11.8 Å². The third-order valence-electron chi connectivity index (χ3n) is 5.01. The molecular weight excluding hydrogens is 254 g/mol. The van der Waals surface area contributed by atoms with Gasteiger partial charge in [0.05, 0.1) is 0 Å². The standard InChI is InChI=1S/C16H27NO3/c1-2-13(11-12-7-4-3-5-8-12)15(18)17-10-6-9-14(17)16(19)20/h12-14H,2-11H2,1H3,(H,19,20). The molecule has 1 saturated heterocycles. The van der Waals surface area contributed by atoms with Gasteiger partial charge in [-0.05, 0) is 31.6 Å². The summed E-state index contributed by atoms with van der Waals surface area (Å²) in [7, 11) is 0. The summed E-state index contributed by atoms with van der Waals surface area (Å²) in [4.78, 5) is 25.5. The maximum absolute atomic E-state index is 12.6. The number of carboxylic acid groups (broad SMARTS) is 1. The molecule has 1 heterocycles. The Morgan fingerprint density at radius 3 is 2.45 bits per heavy atom. The van der Waals surface area contributed by atoms with Gasteiger partial charge in [-0.25, -0.2) is 4.79 Å². The van der Waals surface area contributed by atoms with E-state index in [1.165, 1.54) is 32.1 Å². The van der Waals surface area contributed by atoms with E-state index < -0.39 is 12.0 Å². The number of amides is 1. The van der Waals surface area contributed by atoms with Crippen molar-refractivity contribution in [2.75, 3.05) is 6.54 Å². The average Bonchev–Trinajstić information content (AvgIpc) is 2.94. The lowest BCUT2D eigenvalue weighted by Crippen LogP contribution is -2.43. The lowest BCUT2D eigenvalue weighted by molar-refractivity contribution is -0.150. The Hall–Kier alpha value is -1.06. The van der Waals surface area contributed by atoms with Crippen molar-refractivity contribution in [1.82, 2.24) is 4.90 Å². The molecule has 114 valence electrons. The van der Waals surface area contributed by atoms with E-state index in [2.05, 4.69) is 6.92 Å². The van der Waals surface area contributed by atoms with Gasteiger partial charge in [0.15, 0.2) is 0 Å². The quantitative estimate of drug-likeness (QED) is 0.842. The summed E-state index contributed by atoms with van der Waals surface area (Å²) in [6.45, 7) is 2.67. The minimum Gasteiger partial charge on any atom is -0.480 e. The van der Waals surface area contributed by atoms with Gasteiger partial charge in [0.25, 0.3) is 0 Å². The van der Waals surface area contributed by atoms with Gasteiger partial charge < -0.3 is 10.0 Å². The lowest BCUT2D eigenvalue weighted by Gasteiger charge is -2.30. The highest BCUT2D eigenvalue weighted by molar-refractivity contribution is 5.85. The zero-order valence-corrected chi connectivity index (χ0v) is 12.5. The lowest BCUT2D eigenvalue weighted by atomic mass is 9.81. The fourth-order valence-electron chi connectivity index (χ4n) is 3.79. The molecule has 0 spiro atoms. The van der Waals surface area contributed by atoms with Gasteiger partial charge in [0.2, 0.25) is 5.91 Å². The van der Waals surface area contributed by atoms with E-state index in [-0.39, 0.29) is 11.8 Å². The van der Waals surface area contributed by atoms with Crippen LogP contribution in [0.25, 0.3) is 0 Å². The predicted octanol–water partition coefficient (Wildman–Crippen LogP) is 3.06. The van der Waals surface area contributed by atoms with Crippen LogP contribution in [0.15, 0.2) is 0 Å². The van der Waals surface area contributed by atoms with Crippen molar-refractivity contribution >= 4 is 11.9 Å². The molecule has 20 heavy (non-hydrogen) atoms. The first-order valence-corrected chi connectivity index (χ1v) is 8.16. The monoisotopic (exact) mass is 281 g/mol. The van der Waals surface area contributed by atoms with Crippen LogP contribution in [-0.2, 0) is 9.59 Å². The summed E-state index contributed by atoms with van der Waals surface area (Å²) in [6.07, 6.45) is 9.61. The fraction of sp³-hybridized carbons (Fsp3) is 0.875. The Morgan fingerprint density at radius 2 is 1.85 bits per heavy atom. The summed E-state index contributed by atoms with van der Waals surface area (Å²) in [5.41, 5.74) is 0. The van der Waals surface area contributed by atoms with Gasteiger partial charge in [-0.2, -0.15) is 0 Å². The molecule has 0 aromatic carbocycles. The van der Waals surface area contributed by atoms with Crippen molar-refractivity contribution in [3.63, 3.8) is 0 Å². The summed E-state index contributed by atoms with van der Waals surface area (Å²) >= 11 is 0. The third-order valence-corrected chi connectivity index (χ3v) is 5.01. The van der Waals surface area contributed by atoms with E-state index >= 15 is 0 Å². The van der Waals surface area contributed by atoms with Crippen LogP contribution < -0.4 is 0 Å². The third kappa shape index (κ3) is 3.53. The maximum Gasteiger partial charge on any atom is 0.326 e. The second-order valence-corrected chi connectivity index (χ2v) is 6.37. The molecule has 1 aliphatic carbocycles. The highest BCUT2D eigenvalue weighted by Crippen LogP contribution is 2.32. The van der Waals surface area contributed by atoms with Crippen molar-refractivity contribution in [3.8, 4) is 0 Å². The highest BCUT2D eigenvalue weighted by Gasteiger charge is 2.37. The highest BCUT2D eigenvalue weighted by atomic mass is 16.4. The molecule has 2 fully saturated rings. The largest absolute Gasteiger partial charge is 0.480 e. The molecule has 2 aliphatic rings. The first kappa shape index (κ1) is 15.3. The Labute approximate surface area is 121 Å². The molecule has 0 bridgehead atoms. The fourth-order valence-corrected chi connectivity index (χ4v) is 3.79. The van der Waals surface area contributed by atoms with E-state index in [1.807, 2.05) is 0 Å². The Bertz CT molecular complexity index is 350. The van der Waals surface area contributed by atoms with Crippen molar-refractivity contribution < 1.29 is 14.7 Å². The number of carbonyl (C=O) groups excluding carboxylic acids is 1. The van der Waals surface area contributed by atoms with E-state index in [0.717, 1.165) is 19.3 Å². The van der Waals surface area contributed by atoms with Crippen LogP contribution in [-0.4, -0.2) is 34.5 Å². The molecule has 2 atom stereocenters. The van der Waals surface area contributed by atoms with Crippen LogP contribution in [0.4, 0.5) is 0 Å². The number of hydrogen-bond donors (Lipinski definition) is 1. The molecule has 4 nitrogen and oxygen atoms in total. The van der Waals surface area contributed by atoms with Gasteiger partial charge in [-0.3, -0.25) is 4.79 Å². The molecule has 4 heteroatoms. The van der Waals surface area contributed by atoms with Crippen molar-refractivity contribution in [3.05, 3.63) is 0 Å². The molecule has 1 amide bonds. The Morgan fingerprint density at radius 1 is 1.15 bits per heavy atom. The first-order valence-electron chi connectivity index (χ1n) is 8.16. The van der Waals surface area contributed by atoms with Crippen LogP contribution in [0.3, 0.4) is 0 Å². The molecule has 1 saturated carbocycles. The first-order chi connectivity index (χ1) is 9.63. The minimum absolute atomic E-state index is 0.0260. The van der Waals surface area contributed by atoms with E-state index in [9.17, 15) is 14.7 Å². The number of aliphatic carboxylic acids is 1. The topological polar surface area (TPSA) is 57.6 Å². The molecule has 0 radical (unpaired) electrons. The smallest absolute Gasteiger partial charge is 0.326 e. The summed E-state index contributed by atoms with van der Waals surface area (Å²) < 4.78 is 0. The molecule has 2 rings (SSSR count). The molecule has 2 unspecified atom stereocenters. The van der Waals surface area contributed by atoms with E-state index in [4.69, 9.17) is 0 Å². The van der Waals surface area contributed by atoms with Crippen molar-refractivity contribution in [2.45, 2.75) is 70.8 Å². The summed E-state index contributed by atoms with van der Waals surface area (Å²) in [5.74, 6) is -0.0621. The van der Waals surface area contributed by atoms with Crippen molar-refractivity contribution in [2.24, 2.45) is 11.8 Å². The zero-order valence-electron chi connectivity index (χ0n) is 12.5. The zero-order chi connectivity index (χ0) is 14.5. The normalized spacial score (nSPS) is 25.6. The summed E-state index contributed by atoms with van der Waals surface area (Å²) in [6, 6.07) is -0.581. The van der Waals surface area contributed by atoms with Crippen LogP contribution in [0.2, 0.25) is 0 Å². The molecule has 0 aromatic heterocycles. The Balaban J connectivity index is 1.95. The number of likely N-dealkylation sites (tertiary alicyclic amines) is 1. The molecule has 1 aliphatic heterocycles. The van der Waals surface area contributed by atoms with E-state index in [0.29, 0.717) is 18.9 Å². The number of nitrogens with zero attached hydrogens (tertiary/aromatic N) is 1. The van der Waals surface area contributed by atoms with Gasteiger partial charge in [-0.15, -0.1) is 0 Å². The number of hydrogen-bond acceptors (Lipinski definition) is 2. The second kappa shape index (κ2) is 7.09. The second-order valence-electron chi connectivity index (χ2n) is 6.37. The number of carboxylic acids is 1. The van der Waals surface area contributed by atoms with Crippen LogP contribution >= 0.6 is 0 Å². The maximum atomic E-state index is 12.6. The van der Waals surface area contributed by atoms with Crippen molar-refractivity contribution in [1.29, 1.82) is 0 Å². The molecular formula is C16H27NO3. The minimum atomic E-state index is -0.844. The number of rotatable bonds is 5.